The topological polar surface area (TPSA) is 138 Å². The van der Waals surface area contributed by atoms with Crippen molar-refractivity contribution in [2.45, 2.75) is 84.0 Å². The van der Waals surface area contributed by atoms with Crippen LogP contribution in [0.5, 0.6) is 0 Å². The van der Waals surface area contributed by atoms with Crippen LogP contribution in [-0.2, 0) is 56.2 Å². The van der Waals surface area contributed by atoms with Crippen molar-refractivity contribution in [2.24, 2.45) is 0 Å². The highest BCUT2D eigenvalue weighted by Crippen LogP contribution is 2.25. The lowest BCUT2D eigenvalue weighted by Gasteiger charge is -2.38. The van der Waals surface area contributed by atoms with E-state index in [-0.39, 0.29) is 26.1 Å². The zero-order chi connectivity index (χ0) is 30.0. The Hall–Kier alpha value is -4.25. The quantitative estimate of drug-likeness (QED) is 0.339. The highest BCUT2D eigenvalue weighted by atomic mass is 16.7. The van der Waals surface area contributed by atoms with Gasteiger partial charge < -0.3 is 19.5 Å². The number of hydrogen-bond donors (Lipinski definition) is 1. The second-order valence-corrected chi connectivity index (χ2v) is 10.6. The first-order valence-corrected chi connectivity index (χ1v) is 13.3. The Morgan fingerprint density at radius 1 is 0.878 bits per heavy atom. The minimum Gasteiger partial charge on any atom is -0.460 e. The van der Waals surface area contributed by atoms with Crippen LogP contribution in [0.1, 0.15) is 58.1 Å². The van der Waals surface area contributed by atoms with Crippen LogP contribution in [0.25, 0.3) is 0 Å². The number of hydrogen-bond acceptors (Lipinski definition) is 9. The first-order valence-electron chi connectivity index (χ1n) is 13.3. The molecule has 1 aliphatic rings. The molecule has 1 saturated heterocycles. The number of hydroxylamine groups is 2. The van der Waals surface area contributed by atoms with Gasteiger partial charge in [0, 0.05) is 6.92 Å². The number of nitrogens with one attached hydrogen (secondary N) is 1. The van der Waals surface area contributed by atoms with Crippen LogP contribution in [0.3, 0.4) is 0 Å². The molecule has 11 heteroatoms. The zero-order valence-corrected chi connectivity index (χ0v) is 23.7. The van der Waals surface area contributed by atoms with E-state index in [9.17, 15) is 24.0 Å². The Labute approximate surface area is 239 Å². The molecule has 0 aliphatic carbocycles. The second kappa shape index (κ2) is 14.4. The van der Waals surface area contributed by atoms with Crippen LogP contribution in [-0.4, -0.2) is 58.6 Å². The normalized spacial score (nSPS) is 17.6. The van der Waals surface area contributed by atoms with Crippen molar-refractivity contribution in [3.05, 3.63) is 71.8 Å². The Morgan fingerprint density at radius 3 is 1.93 bits per heavy atom. The van der Waals surface area contributed by atoms with Crippen LogP contribution in [0.15, 0.2) is 60.7 Å². The molecule has 1 N–H and O–H groups in total. The average Bonchev–Trinajstić information content (AvgIpc) is 2.93. The lowest BCUT2D eigenvalue weighted by molar-refractivity contribution is -0.249. The van der Waals surface area contributed by atoms with Crippen molar-refractivity contribution in [3.63, 3.8) is 0 Å². The lowest BCUT2D eigenvalue weighted by atomic mass is 10.0. The van der Waals surface area contributed by atoms with Crippen LogP contribution in [0.4, 0.5) is 0 Å². The van der Waals surface area contributed by atoms with Gasteiger partial charge in [-0.05, 0) is 44.7 Å². The molecule has 2 aromatic rings. The number of nitrogens with zero attached hydrogens (tertiary/aromatic N) is 1. The molecule has 2 amide bonds. The van der Waals surface area contributed by atoms with Crippen molar-refractivity contribution >= 4 is 29.7 Å². The fraction of sp³-hybridized carbons (Fsp3) is 0.433. The van der Waals surface area contributed by atoms with E-state index in [1.165, 1.54) is 6.92 Å². The molecular weight excluding hydrogens is 532 g/mol. The van der Waals surface area contributed by atoms with Crippen LogP contribution in [0, 0.1) is 0 Å². The van der Waals surface area contributed by atoms with Crippen molar-refractivity contribution in [1.29, 1.82) is 0 Å². The molecule has 2 aromatic carbocycles. The van der Waals surface area contributed by atoms with Gasteiger partial charge >= 0.3 is 17.9 Å². The minimum absolute atomic E-state index is 0.0107. The molecule has 220 valence electrons. The Balaban J connectivity index is 1.79. The lowest BCUT2D eigenvalue weighted by Crippen LogP contribution is -2.58. The fourth-order valence-corrected chi connectivity index (χ4v) is 4.07. The third-order valence-corrected chi connectivity index (χ3v) is 5.89. The summed E-state index contributed by atoms with van der Waals surface area (Å²) in [6.07, 6.45) is -1.65. The third-order valence-electron chi connectivity index (χ3n) is 5.89. The average molecular weight is 569 g/mol. The number of esters is 3. The maximum atomic E-state index is 13.7. The maximum absolute atomic E-state index is 13.7. The van der Waals surface area contributed by atoms with Crippen LogP contribution in [0.2, 0.25) is 0 Å². The number of ether oxygens (including phenoxy) is 3. The van der Waals surface area contributed by atoms with E-state index in [4.69, 9.17) is 19.0 Å². The molecule has 0 aromatic heterocycles. The van der Waals surface area contributed by atoms with Gasteiger partial charge in [0.2, 0.25) is 5.91 Å². The predicted molar refractivity (Wildman–Crippen MR) is 145 cm³/mol. The molecule has 11 nitrogen and oxygen atoms in total. The van der Waals surface area contributed by atoms with Gasteiger partial charge in [-0.25, -0.2) is 14.7 Å². The Kier molecular flexibility index (Phi) is 11.0. The van der Waals surface area contributed by atoms with E-state index < -0.39 is 59.9 Å². The van der Waals surface area contributed by atoms with Crippen LogP contribution < -0.4 is 5.32 Å². The molecule has 0 radical (unpaired) electrons. The molecule has 0 spiro atoms. The molecule has 0 unspecified atom stereocenters. The summed E-state index contributed by atoms with van der Waals surface area (Å²) in [7, 11) is 0. The van der Waals surface area contributed by atoms with Gasteiger partial charge in [0.15, 0.2) is 12.1 Å². The van der Waals surface area contributed by atoms with Crippen molar-refractivity contribution in [3.8, 4) is 0 Å². The monoisotopic (exact) mass is 568 g/mol. The molecule has 3 rings (SSSR count). The number of benzene rings is 2. The molecule has 41 heavy (non-hydrogen) atoms. The Bertz CT molecular complexity index is 1210. The summed E-state index contributed by atoms with van der Waals surface area (Å²) < 4.78 is 16.1. The Morgan fingerprint density at radius 2 is 1.41 bits per heavy atom. The van der Waals surface area contributed by atoms with E-state index in [0.29, 0.717) is 0 Å². The second-order valence-electron chi connectivity index (χ2n) is 10.6. The first kappa shape index (κ1) is 31.3. The SMILES string of the molecule is CC(=O)N[C@@H](CC(=O)OC(C)(C)C)C(=O)N1O[C@H](C(=O)OCc2ccccc2)CC[C@H]1C(=O)OCc1ccccc1. The van der Waals surface area contributed by atoms with Crippen molar-refractivity contribution in [1.82, 2.24) is 10.4 Å². The maximum Gasteiger partial charge on any atom is 0.338 e. The molecule has 1 fully saturated rings. The zero-order valence-electron chi connectivity index (χ0n) is 23.7. The van der Waals surface area contributed by atoms with Gasteiger partial charge in [-0.2, -0.15) is 0 Å². The smallest absolute Gasteiger partial charge is 0.338 e. The number of amides is 2. The first-order chi connectivity index (χ1) is 19.4. The van der Waals surface area contributed by atoms with Gasteiger partial charge in [0.05, 0.1) is 6.42 Å². The summed E-state index contributed by atoms with van der Waals surface area (Å²) in [6.45, 7) is 6.12. The summed E-state index contributed by atoms with van der Waals surface area (Å²) in [5.74, 6) is -3.74. The largest absolute Gasteiger partial charge is 0.460 e. The highest BCUT2D eigenvalue weighted by molar-refractivity contribution is 5.92. The van der Waals surface area contributed by atoms with Crippen molar-refractivity contribution < 1.29 is 43.0 Å². The fourth-order valence-electron chi connectivity index (χ4n) is 4.07. The van der Waals surface area contributed by atoms with Gasteiger partial charge in [-0.3, -0.25) is 19.2 Å². The predicted octanol–water partition coefficient (Wildman–Crippen LogP) is 3.00. The minimum atomic E-state index is -1.43. The van der Waals surface area contributed by atoms with Crippen LogP contribution >= 0.6 is 0 Å². The standard InChI is InChI=1S/C30H36N2O9/c1-20(33)31-23(17-26(34)40-30(2,3)4)27(35)32-24(28(36)38-18-21-11-7-5-8-12-21)15-16-25(41-32)29(37)39-19-22-13-9-6-10-14-22/h5-14,23-25H,15-19H2,1-4H3,(H,31,33)/t23-,24-,25-/m0/s1. The number of rotatable bonds is 10. The third kappa shape index (κ3) is 10.0. The molecule has 0 bridgehead atoms. The van der Waals surface area contributed by atoms with Gasteiger partial charge in [0.1, 0.15) is 24.9 Å². The van der Waals surface area contributed by atoms with E-state index >= 15 is 0 Å². The molecule has 1 aliphatic heterocycles. The van der Waals surface area contributed by atoms with Gasteiger partial charge in [-0.1, -0.05) is 60.7 Å². The van der Waals surface area contributed by atoms with Gasteiger partial charge in [0.25, 0.3) is 5.91 Å². The van der Waals surface area contributed by atoms with E-state index in [1.807, 2.05) is 12.1 Å². The van der Waals surface area contributed by atoms with E-state index in [2.05, 4.69) is 5.32 Å². The highest BCUT2D eigenvalue weighted by Gasteiger charge is 2.44. The summed E-state index contributed by atoms with van der Waals surface area (Å²) in [6, 6.07) is 15.3. The molecule has 3 atom stereocenters. The number of carbonyl (C=O) groups is 5. The summed E-state index contributed by atoms with van der Waals surface area (Å²) >= 11 is 0. The van der Waals surface area contributed by atoms with Crippen molar-refractivity contribution in [2.75, 3.05) is 0 Å². The molecule has 1 heterocycles. The van der Waals surface area contributed by atoms with E-state index in [1.54, 1.807) is 69.3 Å². The summed E-state index contributed by atoms with van der Waals surface area (Å²) in [5.41, 5.74) is 0.661. The molecule has 0 saturated carbocycles. The summed E-state index contributed by atoms with van der Waals surface area (Å²) in [4.78, 5) is 69.9. The van der Waals surface area contributed by atoms with E-state index in [0.717, 1.165) is 16.2 Å². The summed E-state index contributed by atoms with van der Waals surface area (Å²) in [5, 5.41) is 3.14. The molecular formula is C30H36N2O9. The number of carbonyl (C=O) groups excluding carboxylic acids is 5. The van der Waals surface area contributed by atoms with Gasteiger partial charge in [-0.15, -0.1) is 0 Å².